The Labute approximate surface area is 175 Å². The number of carbonyl (C=O) groups is 4. The molecule has 2 aliphatic rings. The van der Waals surface area contributed by atoms with Crippen LogP contribution in [0, 0.1) is 5.92 Å². The van der Waals surface area contributed by atoms with Crippen molar-refractivity contribution in [3.63, 3.8) is 0 Å². The van der Waals surface area contributed by atoms with E-state index in [1.54, 1.807) is 28.5 Å². The van der Waals surface area contributed by atoms with Gasteiger partial charge in [0.2, 0.25) is 17.7 Å². The van der Waals surface area contributed by atoms with Gasteiger partial charge in [-0.05, 0) is 26.0 Å². The number of hydrogen-bond donors (Lipinski definition) is 1. The van der Waals surface area contributed by atoms with Crippen LogP contribution in [0.25, 0.3) is 0 Å². The van der Waals surface area contributed by atoms with Crippen molar-refractivity contribution in [3.8, 4) is 0 Å². The summed E-state index contributed by atoms with van der Waals surface area (Å²) >= 11 is 0. The molecular weight excluding hydrogens is 388 g/mol. The fourth-order valence-corrected chi connectivity index (χ4v) is 3.73. The Hall–Kier alpha value is -3.10. The molecule has 2 saturated heterocycles. The molecule has 0 saturated carbocycles. The minimum absolute atomic E-state index is 0.101. The Morgan fingerprint density at radius 2 is 1.73 bits per heavy atom. The number of carbonyl (C=O) groups excluding carboxylic acids is 4. The molecule has 0 radical (unpaired) electrons. The van der Waals surface area contributed by atoms with Crippen LogP contribution in [0.15, 0.2) is 30.3 Å². The van der Waals surface area contributed by atoms with Gasteiger partial charge in [0.05, 0.1) is 12.5 Å². The zero-order valence-corrected chi connectivity index (χ0v) is 17.4. The van der Waals surface area contributed by atoms with Crippen LogP contribution in [-0.4, -0.2) is 79.0 Å². The molecule has 0 bridgehead atoms. The number of ether oxygens (including phenoxy) is 1. The largest absolute Gasteiger partial charge is 0.450 e. The van der Waals surface area contributed by atoms with Crippen molar-refractivity contribution in [2.75, 3.05) is 44.2 Å². The second kappa shape index (κ2) is 9.60. The van der Waals surface area contributed by atoms with E-state index in [2.05, 4.69) is 5.32 Å². The van der Waals surface area contributed by atoms with E-state index in [1.807, 2.05) is 30.3 Å². The third-order valence-corrected chi connectivity index (χ3v) is 5.41. The van der Waals surface area contributed by atoms with Gasteiger partial charge in [-0.25, -0.2) is 4.79 Å². The summed E-state index contributed by atoms with van der Waals surface area (Å²) in [6.45, 7) is 5.58. The molecule has 1 unspecified atom stereocenters. The SMILES string of the molecule is CCOC(=O)N1CCN(C(=O)[C@H](C)NC(=O)C2CC(=O)N(c3ccccc3)C2)CC1. The number of rotatable bonds is 5. The highest BCUT2D eigenvalue weighted by Gasteiger charge is 2.36. The number of nitrogens with zero attached hydrogens (tertiary/aromatic N) is 3. The predicted molar refractivity (Wildman–Crippen MR) is 110 cm³/mol. The Morgan fingerprint density at radius 3 is 2.37 bits per heavy atom. The van der Waals surface area contributed by atoms with Gasteiger partial charge in [-0.2, -0.15) is 0 Å². The molecule has 2 aliphatic heterocycles. The molecule has 30 heavy (non-hydrogen) atoms. The minimum Gasteiger partial charge on any atom is -0.450 e. The lowest BCUT2D eigenvalue weighted by molar-refractivity contribution is -0.138. The molecule has 1 N–H and O–H groups in total. The van der Waals surface area contributed by atoms with Crippen molar-refractivity contribution in [2.24, 2.45) is 5.92 Å². The summed E-state index contributed by atoms with van der Waals surface area (Å²) in [4.78, 5) is 54.2. The van der Waals surface area contributed by atoms with E-state index < -0.39 is 12.0 Å². The van der Waals surface area contributed by atoms with Gasteiger partial charge in [0.15, 0.2) is 0 Å². The van der Waals surface area contributed by atoms with Crippen LogP contribution >= 0.6 is 0 Å². The van der Waals surface area contributed by atoms with E-state index in [0.29, 0.717) is 39.3 Å². The third kappa shape index (κ3) is 4.90. The number of anilines is 1. The fourth-order valence-electron chi connectivity index (χ4n) is 3.73. The summed E-state index contributed by atoms with van der Waals surface area (Å²) in [6.07, 6.45) is -0.250. The first-order valence-corrected chi connectivity index (χ1v) is 10.3. The van der Waals surface area contributed by atoms with Crippen molar-refractivity contribution in [2.45, 2.75) is 26.3 Å². The molecule has 4 amide bonds. The van der Waals surface area contributed by atoms with E-state index in [9.17, 15) is 19.2 Å². The zero-order valence-electron chi connectivity index (χ0n) is 17.4. The highest BCUT2D eigenvalue weighted by atomic mass is 16.6. The highest BCUT2D eigenvalue weighted by Crippen LogP contribution is 2.25. The second-order valence-corrected chi connectivity index (χ2v) is 7.48. The maximum Gasteiger partial charge on any atom is 0.409 e. The topological polar surface area (TPSA) is 99.3 Å². The Morgan fingerprint density at radius 1 is 1.10 bits per heavy atom. The number of para-hydroxylation sites is 1. The number of nitrogens with one attached hydrogen (secondary N) is 1. The second-order valence-electron chi connectivity index (χ2n) is 7.48. The van der Waals surface area contributed by atoms with E-state index in [0.717, 1.165) is 5.69 Å². The predicted octanol–water partition coefficient (Wildman–Crippen LogP) is 0.845. The van der Waals surface area contributed by atoms with Crippen LogP contribution in [0.5, 0.6) is 0 Å². The molecule has 162 valence electrons. The molecule has 0 spiro atoms. The van der Waals surface area contributed by atoms with E-state index in [-0.39, 0.29) is 30.2 Å². The number of amides is 4. The quantitative estimate of drug-likeness (QED) is 0.767. The Kier molecular flexibility index (Phi) is 6.91. The molecule has 1 aromatic carbocycles. The monoisotopic (exact) mass is 416 g/mol. The maximum absolute atomic E-state index is 12.7. The molecule has 0 aliphatic carbocycles. The first-order chi connectivity index (χ1) is 14.4. The summed E-state index contributed by atoms with van der Waals surface area (Å²) < 4.78 is 4.98. The molecular formula is C21H28N4O5. The van der Waals surface area contributed by atoms with Gasteiger partial charge in [0, 0.05) is 44.8 Å². The normalized spacial score (nSPS) is 20.1. The minimum atomic E-state index is -0.701. The number of hydrogen-bond acceptors (Lipinski definition) is 5. The van der Waals surface area contributed by atoms with Crippen LogP contribution in [0.1, 0.15) is 20.3 Å². The van der Waals surface area contributed by atoms with Crippen molar-refractivity contribution in [1.29, 1.82) is 0 Å². The van der Waals surface area contributed by atoms with Crippen LogP contribution in [-0.2, 0) is 19.1 Å². The number of benzene rings is 1. The standard InChI is InChI=1S/C21H28N4O5/c1-3-30-21(29)24-11-9-23(10-12-24)20(28)15(2)22-19(27)16-13-18(26)25(14-16)17-7-5-4-6-8-17/h4-8,15-16H,3,9-14H2,1-2H3,(H,22,27)/t15-,16?/m0/s1. The summed E-state index contributed by atoms with van der Waals surface area (Å²) in [7, 11) is 0. The van der Waals surface area contributed by atoms with Crippen molar-refractivity contribution in [3.05, 3.63) is 30.3 Å². The van der Waals surface area contributed by atoms with Gasteiger partial charge >= 0.3 is 6.09 Å². The van der Waals surface area contributed by atoms with Gasteiger partial charge < -0.3 is 24.8 Å². The van der Waals surface area contributed by atoms with Crippen LogP contribution in [0.2, 0.25) is 0 Å². The Balaban J connectivity index is 1.49. The lowest BCUT2D eigenvalue weighted by Crippen LogP contribution is -2.55. The van der Waals surface area contributed by atoms with Crippen molar-refractivity contribution in [1.82, 2.24) is 15.1 Å². The zero-order chi connectivity index (χ0) is 21.7. The molecule has 0 aromatic heterocycles. The van der Waals surface area contributed by atoms with Gasteiger partial charge in [0.1, 0.15) is 6.04 Å². The van der Waals surface area contributed by atoms with Crippen molar-refractivity contribution >= 4 is 29.5 Å². The molecule has 2 fully saturated rings. The molecule has 2 heterocycles. The molecule has 1 aromatic rings. The average Bonchev–Trinajstić information content (AvgIpc) is 3.16. The van der Waals surface area contributed by atoms with Crippen LogP contribution in [0.4, 0.5) is 10.5 Å². The van der Waals surface area contributed by atoms with E-state index in [1.165, 1.54) is 0 Å². The summed E-state index contributed by atoms with van der Waals surface area (Å²) in [5, 5.41) is 2.75. The molecule has 9 heteroatoms. The molecule has 3 rings (SSSR count). The average molecular weight is 416 g/mol. The maximum atomic E-state index is 12.7. The van der Waals surface area contributed by atoms with Gasteiger partial charge in [-0.3, -0.25) is 14.4 Å². The fraction of sp³-hybridized carbons (Fsp3) is 0.524. The number of piperazine rings is 1. The van der Waals surface area contributed by atoms with E-state index in [4.69, 9.17) is 4.74 Å². The van der Waals surface area contributed by atoms with Gasteiger partial charge in [0.25, 0.3) is 0 Å². The van der Waals surface area contributed by atoms with Gasteiger partial charge in [-0.15, -0.1) is 0 Å². The lowest BCUT2D eigenvalue weighted by atomic mass is 10.1. The van der Waals surface area contributed by atoms with Crippen LogP contribution < -0.4 is 10.2 Å². The highest BCUT2D eigenvalue weighted by molar-refractivity contribution is 6.01. The smallest absolute Gasteiger partial charge is 0.409 e. The molecule has 2 atom stereocenters. The third-order valence-electron chi connectivity index (χ3n) is 5.41. The first kappa shape index (κ1) is 21.6. The van der Waals surface area contributed by atoms with Gasteiger partial charge in [-0.1, -0.05) is 18.2 Å². The summed E-state index contributed by atoms with van der Waals surface area (Å²) in [6, 6.07) is 8.53. The summed E-state index contributed by atoms with van der Waals surface area (Å²) in [5.74, 6) is -1.09. The Bertz CT molecular complexity index is 792. The summed E-state index contributed by atoms with van der Waals surface area (Å²) in [5.41, 5.74) is 0.765. The lowest BCUT2D eigenvalue weighted by Gasteiger charge is -2.35. The molecule has 9 nitrogen and oxygen atoms in total. The van der Waals surface area contributed by atoms with Crippen LogP contribution in [0.3, 0.4) is 0 Å². The first-order valence-electron chi connectivity index (χ1n) is 10.3. The van der Waals surface area contributed by atoms with Crippen molar-refractivity contribution < 1.29 is 23.9 Å². The van der Waals surface area contributed by atoms with E-state index >= 15 is 0 Å².